The van der Waals surface area contributed by atoms with Gasteiger partial charge in [0.15, 0.2) is 0 Å². The summed E-state index contributed by atoms with van der Waals surface area (Å²) in [5.74, 6) is 1.31. The maximum Gasteiger partial charge on any atom is 0.123 e. The largest absolute Gasteiger partial charge is 0.489 e. The van der Waals surface area contributed by atoms with Crippen LogP contribution in [-0.2, 0) is 6.61 Å². The minimum Gasteiger partial charge on any atom is -0.489 e. The lowest BCUT2D eigenvalue weighted by atomic mass is 10.0. The molecule has 0 bridgehead atoms. The molecule has 0 atom stereocenters. The summed E-state index contributed by atoms with van der Waals surface area (Å²) in [4.78, 5) is 0. The Kier molecular flexibility index (Phi) is 5.33. The van der Waals surface area contributed by atoms with Crippen molar-refractivity contribution in [2.75, 3.05) is 0 Å². The summed E-state index contributed by atoms with van der Waals surface area (Å²) < 4.78 is 7.18. The Labute approximate surface area is 139 Å². The van der Waals surface area contributed by atoms with E-state index < -0.39 is 0 Å². The van der Waals surface area contributed by atoms with Crippen molar-refractivity contribution >= 4 is 34.2 Å². The Bertz CT molecular complexity index is 591. The molecule has 0 unspecified atom stereocenters. The second kappa shape index (κ2) is 6.81. The van der Waals surface area contributed by atoms with Crippen LogP contribution in [0.1, 0.15) is 36.5 Å². The normalized spacial score (nSPS) is 10.9. The van der Waals surface area contributed by atoms with Crippen LogP contribution in [0.3, 0.4) is 0 Å². The van der Waals surface area contributed by atoms with Crippen LogP contribution in [0, 0.1) is 10.5 Å². The van der Waals surface area contributed by atoms with E-state index in [9.17, 15) is 0 Å². The van der Waals surface area contributed by atoms with Gasteiger partial charge in [-0.1, -0.05) is 37.6 Å². The van der Waals surface area contributed by atoms with Gasteiger partial charge in [0.2, 0.25) is 0 Å². The molecule has 0 saturated carbocycles. The molecule has 0 fully saturated rings. The first-order chi connectivity index (χ1) is 9.47. The lowest BCUT2D eigenvalue weighted by Crippen LogP contribution is -1.99. The SMILES string of the molecule is Cc1cc(Cl)c(C(C)C)cc1OCc1ccc(I)cc1. The molecular formula is C17H18ClIO. The zero-order valence-corrected chi connectivity index (χ0v) is 14.8. The molecular weight excluding hydrogens is 383 g/mol. The van der Waals surface area contributed by atoms with Gasteiger partial charge in [-0.05, 0) is 76.4 Å². The van der Waals surface area contributed by atoms with E-state index in [1.807, 2.05) is 13.0 Å². The third-order valence-corrected chi connectivity index (χ3v) is 4.27. The fourth-order valence-electron chi connectivity index (χ4n) is 2.01. The number of halogens is 2. The zero-order valence-electron chi connectivity index (χ0n) is 11.9. The summed E-state index contributed by atoms with van der Waals surface area (Å²) >= 11 is 8.58. The average Bonchev–Trinajstić information content (AvgIpc) is 2.39. The van der Waals surface area contributed by atoms with Crippen molar-refractivity contribution in [2.45, 2.75) is 33.3 Å². The molecule has 0 saturated heterocycles. The summed E-state index contributed by atoms with van der Waals surface area (Å²) in [6.07, 6.45) is 0. The summed E-state index contributed by atoms with van der Waals surface area (Å²) in [6, 6.07) is 12.4. The van der Waals surface area contributed by atoms with Crippen LogP contribution in [0.4, 0.5) is 0 Å². The van der Waals surface area contributed by atoms with Crippen molar-refractivity contribution in [1.82, 2.24) is 0 Å². The monoisotopic (exact) mass is 400 g/mol. The molecule has 0 aliphatic heterocycles. The van der Waals surface area contributed by atoms with Crippen molar-refractivity contribution in [3.63, 3.8) is 0 Å². The van der Waals surface area contributed by atoms with E-state index in [1.54, 1.807) is 0 Å². The second-order valence-electron chi connectivity index (χ2n) is 5.21. The Morgan fingerprint density at radius 1 is 1.15 bits per heavy atom. The first-order valence-electron chi connectivity index (χ1n) is 6.64. The van der Waals surface area contributed by atoms with Gasteiger partial charge >= 0.3 is 0 Å². The van der Waals surface area contributed by atoms with Gasteiger partial charge in [0.1, 0.15) is 12.4 Å². The number of benzene rings is 2. The molecule has 0 radical (unpaired) electrons. The fourth-order valence-corrected chi connectivity index (χ4v) is 2.80. The lowest BCUT2D eigenvalue weighted by Gasteiger charge is -2.14. The number of aryl methyl sites for hydroxylation is 1. The standard InChI is InChI=1S/C17H18ClIO/c1-11(2)15-9-17(12(3)8-16(15)18)20-10-13-4-6-14(19)7-5-13/h4-9,11H,10H2,1-3H3. The second-order valence-corrected chi connectivity index (χ2v) is 6.86. The van der Waals surface area contributed by atoms with Crippen molar-refractivity contribution in [3.05, 3.63) is 61.7 Å². The molecule has 0 aromatic heterocycles. The number of rotatable bonds is 4. The van der Waals surface area contributed by atoms with E-state index in [0.29, 0.717) is 12.5 Å². The van der Waals surface area contributed by atoms with Gasteiger partial charge in [0.05, 0.1) is 0 Å². The highest BCUT2D eigenvalue weighted by molar-refractivity contribution is 14.1. The predicted octanol–water partition coefficient (Wildman–Crippen LogP) is 5.96. The van der Waals surface area contributed by atoms with Gasteiger partial charge in [0, 0.05) is 8.59 Å². The van der Waals surface area contributed by atoms with Crippen molar-refractivity contribution < 1.29 is 4.74 Å². The van der Waals surface area contributed by atoms with E-state index >= 15 is 0 Å². The molecule has 106 valence electrons. The van der Waals surface area contributed by atoms with Crippen LogP contribution in [0.5, 0.6) is 5.75 Å². The maximum atomic E-state index is 6.27. The van der Waals surface area contributed by atoms with Crippen LogP contribution in [0.15, 0.2) is 36.4 Å². The number of ether oxygens (including phenoxy) is 1. The van der Waals surface area contributed by atoms with Crippen LogP contribution in [0.25, 0.3) is 0 Å². The van der Waals surface area contributed by atoms with Crippen molar-refractivity contribution in [2.24, 2.45) is 0 Å². The molecule has 0 N–H and O–H groups in total. The molecule has 2 aromatic rings. The first kappa shape index (κ1) is 15.6. The number of hydrogen-bond acceptors (Lipinski definition) is 1. The molecule has 0 aliphatic rings. The predicted molar refractivity (Wildman–Crippen MR) is 93.8 cm³/mol. The van der Waals surface area contributed by atoms with Crippen LogP contribution < -0.4 is 4.74 Å². The van der Waals surface area contributed by atoms with Gasteiger partial charge in [-0.15, -0.1) is 0 Å². The van der Waals surface area contributed by atoms with Gasteiger partial charge in [-0.25, -0.2) is 0 Å². The highest BCUT2D eigenvalue weighted by Gasteiger charge is 2.10. The molecule has 0 aliphatic carbocycles. The summed E-state index contributed by atoms with van der Waals surface area (Å²) in [5.41, 5.74) is 3.38. The van der Waals surface area contributed by atoms with Crippen LogP contribution >= 0.6 is 34.2 Å². The molecule has 0 heterocycles. The smallest absolute Gasteiger partial charge is 0.123 e. The Hall–Kier alpha value is -0.740. The molecule has 2 aromatic carbocycles. The minimum absolute atomic E-state index is 0.392. The molecule has 0 spiro atoms. The van der Waals surface area contributed by atoms with E-state index in [4.69, 9.17) is 16.3 Å². The topological polar surface area (TPSA) is 9.23 Å². The van der Waals surface area contributed by atoms with Crippen molar-refractivity contribution in [1.29, 1.82) is 0 Å². The third kappa shape index (κ3) is 3.89. The first-order valence-corrected chi connectivity index (χ1v) is 8.10. The number of hydrogen-bond donors (Lipinski definition) is 0. The van der Waals surface area contributed by atoms with Gasteiger partial charge in [-0.3, -0.25) is 0 Å². The fraction of sp³-hybridized carbons (Fsp3) is 0.294. The minimum atomic E-state index is 0.392. The van der Waals surface area contributed by atoms with E-state index in [2.05, 4.69) is 66.8 Å². The maximum absolute atomic E-state index is 6.27. The average molecular weight is 401 g/mol. The molecule has 20 heavy (non-hydrogen) atoms. The lowest BCUT2D eigenvalue weighted by molar-refractivity contribution is 0.303. The van der Waals surface area contributed by atoms with E-state index in [0.717, 1.165) is 21.9 Å². The van der Waals surface area contributed by atoms with E-state index in [-0.39, 0.29) is 0 Å². The Balaban J connectivity index is 2.16. The van der Waals surface area contributed by atoms with Gasteiger partial charge in [0.25, 0.3) is 0 Å². The van der Waals surface area contributed by atoms with Gasteiger partial charge in [-0.2, -0.15) is 0 Å². The molecule has 1 nitrogen and oxygen atoms in total. The zero-order chi connectivity index (χ0) is 14.7. The third-order valence-electron chi connectivity index (χ3n) is 3.22. The van der Waals surface area contributed by atoms with Crippen LogP contribution in [-0.4, -0.2) is 0 Å². The Morgan fingerprint density at radius 2 is 1.80 bits per heavy atom. The molecule has 0 amide bonds. The summed E-state index contributed by atoms with van der Waals surface area (Å²) in [6.45, 7) is 6.88. The molecule has 3 heteroatoms. The highest BCUT2D eigenvalue weighted by Crippen LogP contribution is 2.31. The summed E-state index contributed by atoms with van der Waals surface area (Å²) in [7, 11) is 0. The van der Waals surface area contributed by atoms with E-state index in [1.165, 1.54) is 9.13 Å². The molecule has 2 rings (SSSR count). The van der Waals surface area contributed by atoms with Gasteiger partial charge < -0.3 is 4.74 Å². The Morgan fingerprint density at radius 3 is 2.40 bits per heavy atom. The summed E-state index contributed by atoms with van der Waals surface area (Å²) in [5, 5.41) is 0.819. The quantitative estimate of drug-likeness (QED) is 0.576. The van der Waals surface area contributed by atoms with Crippen molar-refractivity contribution in [3.8, 4) is 5.75 Å². The van der Waals surface area contributed by atoms with Crippen LogP contribution in [0.2, 0.25) is 5.02 Å². The highest BCUT2D eigenvalue weighted by atomic mass is 127.